The molecule has 1 aliphatic rings. The Balaban J connectivity index is 2.51. The molecule has 1 saturated carbocycles. The second kappa shape index (κ2) is 6.53. The van der Waals surface area contributed by atoms with Crippen molar-refractivity contribution in [3.8, 4) is 0 Å². The molecule has 17 heavy (non-hydrogen) atoms. The second-order valence-corrected chi connectivity index (χ2v) is 5.96. The molecular weight excluding hydrogens is 212 g/mol. The predicted molar refractivity (Wildman–Crippen MR) is 73.3 cm³/mol. The molecule has 0 radical (unpaired) electrons. The first kappa shape index (κ1) is 14.7. The molecule has 1 fully saturated rings. The van der Waals surface area contributed by atoms with E-state index in [-0.39, 0.29) is 5.54 Å². The summed E-state index contributed by atoms with van der Waals surface area (Å²) in [4.78, 5) is 2.52. The number of nitrogens with one attached hydrogen (secondary N) is 1. The molecule has 0 saturated heterocycles. The van der Waals surface area contributed by atoms with Crippen molar-refractivity contribution in [2.75, 3.05) is 26.8 Å². The van der Waals surface area contributed by atoms with E-state index >= 15 is 0 Å². The maximum absolute atomic E-state index is 5.36. The smallest absolute Gasteiger partial charge is 0.0630 e. The van der Waals surface area contributed by atoms with Gasteiger partial charge in [0.2, 0.25) is 0 Å². The monoisotopic (exact) mass is 240 g/mol. The molecule has 1 atom stereocenters. The zero-order chi connectivity index (χ0) is 12.9. The van der Waals surface area contributed by atoms with E-state index in [1.165, 1.54) is 12.8 Å². The number of rotatable bonds is 8. The van der Waals surface area contributed by atoms with Crippen LogP contribution in [0.5, 0.6) is 0 Å². The van der Waals surface area contributed by atoms with Gasteiger partial charge < -0.3 is 10.1 Å². The van der Waals surface area contributed by atoms with Crippen LogP contribution in [0.1, 0.15) is 33.6 Å². The molecule has 0 aromatic heterocycles. The first-order valence-corrected chi connectivity index (χ1v) is 6.58. The Hall–Kier alpha value is -0.380. The van der Waals surface area contributed by atoms with Crippen LogP contribution in [0.2, 0.25) is 0 Å². The van der Waals surface area contributed by atoms with Gasteiger partial charge in [0.25, 0.3) is 0 Å². The van der Waals surface area contributed by atoms with Gasteiger partial charge in [-0.05, 0) is 33.6 Å². The van der Waals surface area contributed by atoms with E-state index in [2.05, 4.69) is 37.6 Å². The topological polar surface area (TPSA) is 24.5 Å². The lowest BCUT2D eigenvalue weighted by molar-refractivity contribution is 0.0877. The van der Waals surface area contributed by atoms with Crippen molar-refractivity contribution in [2.24, 2.45) is 0 Å². The highest BCUT2D eigenvalue weighted by molar-refractivity contribution is 4.93. The Morgan fingerprint density at radius 3 is 2.53 bits per heavy atom. The van der Waals surface area contributed by atoms with Gasteiger partial charge in [-0.15, -0.1) is 6.58 Å². The second-order valence-electron chi connectivity index (χ2n) is 5.96. The van der Waals surface area contributed by atoms with Gasteiger partial charge in [0, 0.05) is 37.8 Å². The zero-order valence-corrected chi connectivity index (χ0v) is 11.8. The highest BCUT2D eigenvalue weighted by Gasteiger charge is 2.33. The average Bonchev–Trinajstić information content (AvgIpc) is 3.03. The molecular formula is C14H28N2O. The van der Waals surface area contributed by atoms with Crippen LogP contribution >= 0.6 is 0 Å². The molecule has 1 N–H and O–H groups in total. The summed E-state index contributed by atoms with van der Waals surface area (Å²) in [6, 6.07) is 1.19. The summed E-state index contributed by atoms with van der Waals surface area (Å²) in [5.74, 6) is 0. The summed E-state index contributed by atoms with van der Waals surface area (Å²) in [5.41, 5.74) is 0.162. The summed E-state index contributed by atoms with van der Waals surface area (Å²) in [6.45, 7) is 13.2. The van der Waals surface area contributed by atoms with Crippen LogP contribution in [0.25, 0.3) is 0 Å². The van der Waals surface area contributed by atoms with E-state index in [1.54, 1.807) is 7.11 Å². The minimum absolute atomic E-state index is 0.162. The van der Waals surface area contributed by atoms with E-state index in [1.807, 2.05) is 6.08 Å². The van der Waals surface area contributed by atoms with Crippen LogP contribution in [0, 0.1) is 0 Å². The van der Waals surface area contributed by atoms with Crippen molar-refractivity contribution >= 4 is 0 Å². The number of methoxy groups -OCH3 is 1. The van der Waals surface area contributed by atoms with Gasteiger partial charge in [-0.3, -0.25) is 4.90 Å². The van der Waals surface area contributed by atoms with Gasteiger partial charge in [0.1, 0.15) is 0 Å². The van der Waals surface area contributed by atoms with Crippen molar-refractivity contribution in [3.05, 3.63) is 12.7 Å². The van der Waals surface area contributed by atoms with Crippen LogP contribution in [-0.4, -0.2) is 49.3 Å². The van der Waals surface area contributed by atoms with Crippen molar-refractivity contribution in [1.82, 2.24) is 10.2 Å². The predicted octanol–water partition coefficient (Wildman–Crippen LogP) is 2.04. The highest BCUT2D eigenvalue weighted by Crippen LogP contribution is 2.28. The molecule has 1 rings (SSSR count). The zero-order valence-electron chi connectivity index (χ0n) is 11.8. The molecule has 1 unspecified atom stereocenters. The van der Waals surface area contributed by atoms with Crippen LogP contribution in [0.3, 0.4) is 0 Å². The summed E-state index contributed by atoms with van der Waals surface area (Å²) in [6.07, 6.45) is 4.64. The third-order valence-electron chi connectivity index (χ3n) is 3.05. The minimum Gasteiger partial charge on any atom is -0.383 e. The molecule has 0 spiro atoms. The van der Waals surface area contributed by atoms with E-state index in [4.69, 9.17) is 4.74 Å². The molecule has 100 valence electrons. The number of hydrogen-bond donors (Lipinski definition) is 1. The summed E-state index contributed by atoms with van der Waals surface area (Å²) in [5, 5.41) is 3.57. The normalized spacial score (nSPS) is 18.4. The largest absolute Gasteiger partial charge is 0.383 e. The fraction of sp³-hybridized carbons (Fsp3) is 0.857. The lowest BCUT2D eigenvalue weighted by atomic mass is 10.1. The van der Waals surface area contributed by atoms with Crippen molar-refractivity contribution in [2.45, 2.75) is 51.2 Å². The molecule has 0 heterocycles. The number of ether oxygens (including phenoxy) is 1. The molecule has 0 aromatic rings. The fourth-order valence-electron chi connectivity index (χ4n) is 2.04. The quantitative estimate of drug-likeness (QED) is 0.657. The van der Waals surface area contributed by atoms with Crippen LogP contribution in [0.15, 0.2) is 12.7 Å². The van der Waals surface area contributed by atoms with E-state index in [0.29, 0.717) is 6.04 Å². The van der Waals surface area contributed by atoms with Gasteiger partial charge >= 0.3 is 0 Å². The van der Waals surface area contributed by atoms with Gasteiger partial charge in [-0.1, -0.05) is 6.08 Å². The highest BCUT2D eigenvalue weighted by atomic mass is 16.5. The first-order valence-electron chi connectivity index (χ1n) is 6.58. The Labute approximate surface area is 106 Å². The number of nitrogens with zero attached hydrogens (tertiary/aromatic N) is 1. The molecule has 3 heteroatoms. The van der Waals surface area contributed by atoms with Crippen LogP contribution in [-0.2, 0) is 4.74 Å². The SMILES string of the molecule is C=CCN(C1CC1)C(CNC(C)(C)C)COC. The maximum Gasteiger partial charge on any atom is 0.0630 e. The van der Waals surface area contributed by atoms with E-state index in [0.717, 1.165) is 25.7 Å². The van der Waals surface area contributed by atoms with Crippen LogP contribution in [0.4, 0.5) is 0 Å². The number of hydrogen-bond acceptors (Lipinski definition) is 3. The molecule has 1 aliphatic carbocycles. The minimum atomic E-state index is 0.162. The van der Waals surface area contributed by atoms with Crippen molar-refractivity contribution < 1.29 is 4.74 Å². The standard InChI is InChI=1S/C14H28N2O/c1-6-9-16(12-7-8-12)13(11-17-5)10-15-14(2,3)4/h6,12-13,15H,1,7-11H2,2-5H3. The summed E-state index contributed by atoms with van der Waals surface area (Å²) >= 11 is 0. The third kappa shape index (κ3) is 5.66. The third-order valence-corrected chi connectivity index (χ3v) is 3.05. The summed E-state index contributed by atoms with van der Waals surface area (Å²) in [7, 11) is 1.78. The molecule has 0 aliphatic heterocycles. The van der Waals surface area contributed by atoms with E-state index in [9.17, 15) is 0 Å². The Morgan fingerprint density at radius 2 is 2.12 bits per heavy atom. The fourth-order valence-corrected chi connectivity index (χ4v) is 2.04. The lowest BCUT2D eigenvalue weighted by Gasteiger charge is -2.33. The van der Waals surface area contributed by atoms with Gasteiger partial charge in [-0.2, -0.15) is 0 Å². The Bertz CT molecular complexity index is 231. The van der Waals surface area contributed by atoms with Crippen molar-refractivity contribution in [3.63, 3.8) is 0 Å². The average molecular weight is 240 g/mol. The molecule has 0 aromatic carbocycles. The van der Waals surface area contributed by atoms with Crippen molar-refractivity contribution in [1.29, 1.82) is 0 Å². The first-order chi connectivity index (χ1) is 7.98. The molecule has 0 amide bonds. The molecule has 3 nitrogen and oxygen atoms in total. The van der Waals surface area contributed by atoms with Gasteiger partial charge in [0.15, 0.2) is 0 Å². The van der Waals surface area contributed by atoms with E-state index < -0.39 is 0 Å². The molecule has 0 bridgehead atoms. The Kier molecular flexibility index (Phi) is 5.63. The van der Waals surface area contributed by atoms with Gasteiger partial charge in [-0.25, -0.2) is 0 Å². The maximum atomic E-state index is 5.36. The van der Waals surface area contributed by atoms with Gasteiger partial charge in [0.05, 0.1) is 6.61 Å². The van der Waals surface area contributed by atoms with Crippen LogP contribution < -0.4 is 5.32 Å². The summed E-state index contributed by atoms with van der Waals surface area (Å²) < 4.78 is 5.36. The lowest BCUT2D eigenvalue weighted by Crippen LogP contribution is -2.50. The Morgan fingerprint density at radius 1 is 1.47 bits per heavy atom.